The minimum absolute atomic E-state index is 0. The van der Waals surface area contributed by atoms with E-state index in [1.807, 2.05) is 46.2 Å². The smallest absolute Gasteiger partial charge is 0.304 e. The van der Waals surface area contributed by atoms with Crippen molar-refractivity contribution in [2.75, 3.05) is 25.1 Å². The number of fused-ring (bicyclic) bond motifs is 16. The molecule has 12 saturated heterocycles. The van der Waals surface area contributed by atoms with E-state index < -0.39 is 16.4 Å². The van der Waals surface area contributed by atoms with E-state index >= 15 is 0 Å². The maximum atomic E-state index is 12.6. The summed E-state index contributed by atoms with van der Waals surface area (Å²) in [5.74, 6) is 7.87. The number of aliphatic hydroxyl groups is 1. The highest BCUT2D eigenvalue weighted by Crippen LogP contribution is 2.44. The van der Waals surface area contributed by atoms with Gasteiger partial charge in [0.2, 0.25) is 23.5 Å². The van der Waals surface area contributed by atoms with Crippen molar-refractivity contribution >= 4 is 81.3 Å². The Labute approximate surface area is 776 Å². The van der Waals surface area contributed by atoms with Gasteiger partial charge in [0.15, 0.2) is 0 Å². The molecule has 1 aromatic heterocycles. The van der Waals surface area contributed by atoms with Crippen molar-refractivity contribution in [1.29, 1.82) is 0 Å². The zero-order chi connectivity index (χ0) is 94.0. The molecule has 16 heterocycles. The first-order valence-corrected chi connectivity index (χ1v) is 47.4. The Morgan fingerprint density at radius 1 is 0.500 bits per heavy atom. The molecule has 12 atom stereocenters. The summed E-state index contributed by atoms with van der Waals surface area (Å²) < 4.78 is 14.9. The SMILES string of the molecule is CC(=O)N1C2CCC1CC(N)C2.CC(=O)N1C2CCC1CC(N1C(=O)c3ccccc3C1=O)C2.CC(=O)N1C2CCC1CC(Nc1ccccc1N)C2.CCC(C)(C)C.CCc1nc2ccccc2n1C1CC2CCC(C1)N2.CN1C2CCC1CC(N1C(=O)c3ccccc3C1=O)C2.CN1C2CCC1CC(O)C2.F.NN.O=C1NC(=O)c2ccccc21.O=[N+]([O-])c1ccccc1F.[2HH].[3HH]. The van der Waals surface area contributed by atoms with Gasteiger partial charge in [-0.2, -0.15) is 4.39 Å². The number of amides is 9. The molecule has 31 heteroatoms. The lowest BCUT2D eigenvalue weighted by Gasteiger charge is -2.41. The fourth-order valence-electron chi connectivity index (χ4n) is 23.0. The molecule has 15 aliphatic heterocycles. The number of rotatable bonds is 7. The Bertz CT molecular complexity index is 5090. The first kappa shape index (κ1) is 100. The van der Waals surface area contributed by atoms with Crippen molar-refractivity contribution < 1.29 is 65.1 Å². The van der Waals surface area contributed by atoms with E-state index in [1.54, 1.807) is 81.4 Å². The van der Waals surface area contributed by atoms with Gasteiger partial charge in [-0.05, 0) is 240 Å². The van der Waals surface area contributed by atoms with Gasteiger partial charge in [0.1, 0.15) is 5.82 Å². The van der Waals surface area contributed by atoms with Crippen LogP contribution in [0.25, 0.3) is 11.0 Å². The summed E-state index contributed by atoms with van der Waals surface area (Å²) >= 11 is 0. The van der Waals surface area contributed by atoms with Crippen LogP contribution in [0.1, 0.15) is 293 Å². The number of nitrogens with zero attached hydrogens (tertiary/aromatic N) is 10. The van der Waals surface area contributed by atoms with E-state index in [-0.39, 0.29) is 91.0 Å². The number of imidazole rings is 1. The van der Waals surface area contributed by atoms with E-state index in [9.17, 15) is 62.8 Å². The monoisotopic (exact) mass is 1830 g/mol. The number of piperidine rings is 6. The number of nitro benzene ring substituents is 1. The van der Waals surface area contributed by atoms with Gasteiger partial charge in [0.05, 0.1) is 66.8 Å². The van der Waals surface area contributed by atoms with Crippen LogP contribution in [0.3, 0.4) is 0 Å². The van der Waals surface area contributed by atoms with Gasteiger partial charge >= 0.3 is 5.69 Å². The highest BCUT2D eigenvalue weighted by Gasteiger charge is 2.51. The standard InChI is InChI=1S/C17H18N2O3.C16H21N3.C16H18N2O2.C15H21N3O.C9H16N2O.C8H5NO2.C8H15NO.C6H4FNO2.C6H14.FH.H4N2.2H2/c1-10(20)18-11-6-7-12(18)9-13(8-11)19-16(21)14-4-2-3-5-15(14)17(19)22;1-2-16-18-14-5-3-4-6-15(14)19(16)13-9-11-7-8-12(10-13)17-11;1-17-10-6-7-11(17)9-12(8-10)18-15(19)13-4-2-3-5-14(13)16(18)20;1-10(19)18-12-6-7-13(18)9-11(8-12)17-15-5-3-2-4-14(15)16;1-6(12)11-8-2-3-9(11)5-7(10)4-8;10-7-5-3-1-2-4-6(5)8(11)9-7;1-9-6-2-3-7(9)5-8(10)4-6;7-5-3-1-2-4-6(5)8(9)10;1-5-6(2,3)4;;1-2;;/h2-5,11-13H,6-9H2,1H3;3-6,11-13,17H,2,7-10H2,1H3;2-5,10-12H,6-9H2,1H3;2-5,11-13,17H,6-9,16H2,1H3;7-9H,2-5,10H2,1H3;1-4H,(H,9,10,11);6-8,10H,2-5H2,1H3;1-4H;5H2,1-4H3;1H;1-2H2;2*1H/i;;;;;;;;;;;1+2;1+1. The number of anilines is 2. The van der Waals surface area contributed by atoms with Gasteiger partial charge in [-0.1, -0.05) is 114 Å². The molecule has 0 aliphatic carbocycles. The van der Waals surface area contributed by atoms with Crippen molar-refractivity contribution in [3.63, 3.8) is 0 Å². The van der Waals surface area contributed by atoms with E-state index in [1.165, 1.54) is 91.1 Å². The molecule has 29 nitrogen and oxygen atoms in total. The van der Waals surface area contributed by atoms with Crippen LogP contribution in [0.2, 0.25) is 0 Å². The first-order valence-electron chi connectivity index (χ1n) is 47.4. The number of para-hydroxylation sites is 5. The molecule has 15 aliphatic rings. The van der Waals surface area contributed by atoms with Crippen molar-refractivity contribution in [2.24, 2.45) is 22.8 Å². The zero-order valence-electron chi connectivity index (χ0n) is 78.1. The molecule has 0 saturated carbocycles. The van der Waals surface area contributed by atoms with E-state index in [0.29, 0.717) is 118 Å². The Hall–Kier alpha value is -10.8. The molecule has 6 aromatic carbocycles. The summed E-state index contributed by atoms with van der Waals surface area (Å²) in [6, 6.07) is 49.8. The molecule has 12 fully saturated rings. The van der Waals surface area contributed by atoms with Crippen LogP contribution in [0.4, 0.5) is 26.2 Å². The van der Waals surface area contributed by atoms with Crippen LogP contribution in [-0.4, -0.2) is 224 Å². The average Bonchev–Trinajstić information content (AvgIpc) is 1.61. The van der Waals surface area contributed by atoms with Crippen LogP contribution in [-0.2, 0) is 20.8 Å². The number of benzene rings is 6. The van der Waals surface area contributed by atoms with Gasteiger partial charge in [-0.15, -0.1) is 0 Å². The number of hydrogen-bond donors (Lipinski definition) is 8. The summed E-state index contributed by atoms with van der Waals surface area (Å²) in [6.45, 7) is 16.1. The van der Waals surface area contributed by atoms with Crippen LogP contribution in [0.15, 0.2) is 146 Å². The molecule has 12 bridgehead atoms. The van der Waals surface area contributed by atoms with Crippen LogP contribution in [0, 0.1) is 21.3 Å². The number of carbonyl (C=O) groups excluding carboxylic acids is 9. The molecule has 132 heavy (non-hydrogen) atoms. The number of hydrazine groups is 1. The Morgan fingerprint density at radius 3 is 1.23 bits per heavy atom. The summed E-state index contributed by atoms with van der Waals surface area (Å²) in [5.41, 5.74) is 19.3. The Balaban J connectivity index is 0.000000158. The predicted molar refractivity (Wildman–Crippen MR) is 510 cm³/mol. The normalized spacial score (nSPS) is 28.3. The number of halogens is 2. The molecular weight excluding hydrogens is 1680 g/mol. The van der Waals surface area contributed by atoms with Crippen molar-refractivity contribution in [3.8, 4) is 0 Å². The quantitative estimate of drug-likeness (QED) is 0.0241. The third-order valence-corrected chi connectivity index (χ3v) is 29.7. The number of aliphatic hydroxyl groups excluding tert-OH is 1. The highest BCUT2D eigenvalue weighted by molar-refractivity contribution is 6.23. The summed E-state index contributed by atoms with van der Waals surface area (Å²) in [5, 5.41) is 28.9. The molecule has 12 unspecified atom stereocenters. The zero-order valence-corrected chi connectivity index (χ0v) is 78.1. The third-order valence-electron chi connectivity index (χ3n) is 29.7. The predicted octanol–water partition coefficient (Wildman–Crippen LogP) is 14.3. The number of aryl methyl sites for hydroxylation is 1. The van der Waals surface area contributed by atoms with Gasteiger partial charge in [-0.25, -0.2) is 4.98 Å². The lowest BCUT2D eigenvalue weighted by molar-refractivity contribution is -0.387. The highest BCUT2D eigenvalue weighted by atomic mass is 19.1. The molecule has 0 spiro atoms. The molecular formula is C101H141F2N17O12. The van der Waals surface area contributed by atoms with Gasteiger partial charge in [0.25, 0.3) is 35.4 Å². The molecule has 22 rings (SSSR count). The average molecular weight is 1830 g/mol. The molecule has 12 N–H and O–H groups in total. The maximum Gasteiger partial charge on any atom is 0.304 e. The van der Waals surface area contributed by atoms with Crippen LogP contribution in [0.5, 0.6) is 0 Å². The second kappa shape index (κ2) is 44.4. The second-order valence-corrected chi connectivity index (χ2v) is 39.0. The summed E-state index contributed by atoms with van der Waals surface area (Å²) in [4.78, 5) is 135. The van der Waals surface area contributed by atoms with Gasteiger partial charge < -0.3 is 56.3 Å². The lowest BCUT2D eigenvalue weighted by Crippen LogP contribution is -2.53. The van der Waals surface area contributed by atoms with Crippen molar-refractivity contribution in [3.05, 3.63) is 201 Å². The topological polar surface area (TPSA) is 398 Å². The Kier molecular flexibility index (Phi) is 33.7. The fraction of sp³-hybridized carbons (Fsp3) is 0.545. The summed E-state index contributed by atoms with van der Waals surface area (Å²) in [6.07, 6.45) is 28.5. The van der Waals surface area contributed by atoms with E-state index in [4.69, 9.17) is 16.5 Å². The number of nitrogens with one attached hydrogen (secondary N) is 3. The molecule has 9 amide bonds. The molecule has 716 valence electrons. The second-order valence-electron chi connectivity index (χ2n) is 39.0. The van der Waals surface area contributed by atoms with Crippen LogP contribution < -0.4 is 39.1 Å². The first-order chi connectivity index (χ1) is 62.8. The van der Waals surface area contributed by atoms with E-state index in [2.05, 4.69) is 120 Å². The van der Waals surface area contributed by atoms with Crippen molar-refractivity contribution in [1.82, 2.24) is 54.5 Å². The van der Waals surface area contributed by atoms with Gasteiger partial charge in [0, 0.05) is 139 Å². The van der Waals surface area contributed by atoms with Crippen LogP contribution >= 0.6 is 0 Å². The number of nitrogens with two attached hydrogens (primary N) is 4. The third kappa shape index (κ3) is 22.8. The minimum Gasteiger partial charge on any atom is -0.397 e. The molecule has 0 radical (unpaired) electrons. The Morgan fingerprint density at radius 2 is 0.848 bits per heavy atom. The maximum absolute atomic E-state index is 12.6. The largest absolute Gasteiger partial charge is 0.397 e. The number of nitro groups is 1. The van der Waals surface area contributed by atoms with Gasteiger partial charge in [-0.3, -0.25) is 84.8 Å². The number of aromatic nitrogens is 2. The number of imide groups is 3. The fourth-order valence-corrected chi connectivity index (χ4v) is 23.0. The number of hydrogen-bond acceptors (Lipinski definition) is 21. The number of carbonyl (C=O) groups is 9. The minimum atomic E-state index is -0.799. The van der Waals surface area contributed by atoms with E-state index in [0.717, 1.165) is 137 Å². The number of nitrogen functional groups attached to an aromatic ring is 1. The summed E-state index contributed by atoms with van der Waals surface area (Å²) in [7, 11) is 4.36. The lowest BCUT2D eigenvalue weighted by atomic mass is 9.94. The van der Waals surface area contributed by atoms with Crippen molar-refractivity contribution in [2.45, 2.75) is 331 Å². The molecule has 7 aromatic rings.